The van der Waals surface area contributed by atoms with Gasteiger partial charge in [0.25, 0.3) is 5.56 Å². The molecule has 0 atom stereocenters. The maximum absolute atomic E-state index is 11.3. The van der Waals surface area contributed by atoms with E-state index in [2.05, 4.69) is 23.8 Å². The summed E-state index contributed by atoms with van der Waals surface area (Å²) in [4.78, 5) is 18.4. The first kappa shape index (κ1) is 8.99. The highest BCUT2D eigenvalue weighted by Gasteiger charge is 2.06. The molecule has 74 valence electrons. The number of fused-ring (bicyclic) bond motifs is 1. The average Bonchev–Trinajstić information content (AvgIpc) is 2.48. The van der Waals surface area contributed by atoms with Crippen LogP contribution >= 0.6 is 0 Å². The highest BCUT2D eigenvalue weighted by Crippen LogP contribution is 2.12. The van der Waals surface area contributed by atoms with Crippen molar-refractivity contribution < 1.29 is 0 Å². The van der Waals surface area contributed by atoms with E-state index in [0.29, 0.717) is 17.3 Å². The minimum atomic E-state index is -0.0709. The number of imidazole rings is 1. The zero-order valence-electron chi connectivity index (χ0n) is 8.53. The third-order valence-corrected chi connectivity index (χ3v) is 2.26. The lowest BCUT2D eigenvalue weighted by molar-refractivity contribution is 0.833. The molecule has 0 saturated carbocycles. The van der Waals surface area contributed by atoms with Crippen LogP contribution in [0.3, 0.4) is 0 Å². The fourth-order valence-corrected chi connectivity index (χ4v) is 1.35. The van der Waals surface area contributed by atoms with Gasteiger partial charge in [-0.05, 0) is 12.8 Å². The Bertz CT molecular complexity index is 522. The van der Waals surface area contributed by atoms with Gasteiger partial charge in [-0.3, -0.25) is 14.2 Å². The third-order valence-electron chi connectivity index (χ3n) is 2.26. The molecular weight excluding hydrogens is 178 g/mol. The van der Waals surface area contributed by atoms with Crippen LogP contribution in [0.2, 0.25) is 0 Å². The summed E-state index contributed by atoms with van der Waals surface area (Å²) in [5, 5.41) is 0. The number of nitrogens with one attached hydrogen (secondary N) is 1. The number of hydrogen-bond donors (Lipinski definition) is 1. The van der Waals surface area contributed by atoms with Crippen molar-refractivity contribution in [2.75, 3.05) is 0 Å². The molecule has 14 heavy (non-hydrogen) atoms. The molecule has 2 rings (SSSR count). The lowest BCUT2D eigenvalue weighted by Gasteiger charge is -1.94. The lowest BCUT2D eigenvalue weighted by atomic mass is 10.2. The van der Waals surface area contributed by atoms with Crippen molar-refractivity contribution in [3.05, 3.63) is 34.0 Å². The van der Waals surface area contributed by atoms with Gasteiger partial charge in [0.1, 0.15) is 0 Å². The minimum absolute atomic E-state index is 0.0709. The van der Waals surface area contributed by atoms with E-state index in [1.54, 1.807) is 13.1 Å². The topological polar surface area (TPSA) is 50.2 Å². The van der Waals surface area contributed by atoms with Gasteiger partial charge in [-0.2, -0.15) is 0 Å². The van der Waals surface area contributed by atoms with Gasteiger partial charge in [0, 0.05) is 18.0 Å². The van der Waals surface area contributed by atoms with E-state index in [1.165, 1.54) is 0 Å². The summed E-state index contributed by atoms with van der Waals surface area (Å²) >= 11 is 0. The van der Waals surface area contributed by atoms with Gasteiger partial charge in [0.15, 0.2) is 0 Å². The molecule has 0 aromatic carbocycles. The number of aromatic nitrogens is 3. The van der Waals surface area contributed by atoms with Crippen molar-refractivity contribution in [3.63, 3.8) is 0 Å². The van der Waals surface area contributed by atoms with Gasteiger partial charge in [-0.25, -0.2) is 4.98 Å². The molecule has 1 N–H and O–H groups in total. The van der Waals surface area contributed by atoms with Crippen LogP contribution in [-0.2, 0) is 0 Å². The molecule has 0 unspecified atom stereocenters. The number of rotatable bonds is 1. The van der Waals surface area contributed by atoms with Crippen LogP contribution in [0, 0.1) is 6.92 Å². The molecule has 0 aliphatic rings. The fourth-order valence-electron chi connectivity index (χ4n) is 1.35. The summed E-state index contributed by atoms with van der Waals surface area (Å²) in [6.07, 6.45) is 3.75. The Morgan fingerprint density at radius 3 is 2.79 bits per heavy atom. The van der Waals surface area contributed by atoms with Gasteiger partial charge < -0.3 is 0 Å². The van der Waals surface area contributed by atoms with E-state index in [-0.39, 0.29) is 5.56 Å². The molecule has 4 heteroatoms. The Kier molecular flexibility index (Phi) is 1.91. The minimum Gasteiger partial charge on any atom is -0.292 e. The van der Waals surface area contributed by atoms with E-state index in [1.807, 2.05) is 10.6 Å². The molecule has 0 saturated heterocycles. The molecule has 0 aliphatic carbocycles. The number of nitrogens with zero attached hydrogens (tertiary/aromatic N) is 2. The van der Waals surface area contributed by atoms with Crippen molar-refractivity contribution in [2.45, 2.75) is 26.7 Å². The molecular formula is C10H13N3O. The Morgan fingerprint density at radius 2 is 2.14 bits per heavy atom. The lowest BCUT2D eigenvalue weighted by Crippen LogP contribution is -2.11. The van der Waals surface area contributed by atoms with Crippen LogP contribution in [0.5, 0.6) is 0 Å². The van der Waals surface area contributed by atoms with Crippen LogP contribution in [-0.4, -0.2) is 14.4 Å². The number of aryl methyl sites for hydroxylation is 1. The summed E-state index contributed by atoms with van der Waals surface area (Å²) in [5.41, 5.74) is 1.62. The second-order valence-corrected chi connectivity index (χ2v) is 3.82. The van der Waals surface area contributed by atoms with Crippen LogP contribution in [0.4, 0.5) is 0 Å². The average molecular weight is 191 g/mol. The van der Waals surface area contributed by atoms with E-state index in [0.717, 1.165) is 5.69 Å². The maximum Gasteiger partial charge on any atom is 0.255 e. The smallest absolute Gasteiger partial charge is 0.255 e. The van der Waals surface area contributed by atoms with E-state index in [9.17, 15) is 4.79 Å². The highest BCUT2D eigenvalue weighted by atomic mass is 16.1. The standard InChI is InChI=1S/C10H13N3O/c1-6(2)8-5-13-4-7(3)9(14)12-10(13)11-8/h4-6H,1-3H3,(H,11,12,14). The second-order valence-electron chi connectivity index (χ2n) is 3.82. The zero-order valence-corrected chi connectivity index (χ0v) is 8.53. The van der Waals surface area contributed by atoms with Crippen LogP contribution < -0.4 is 5.56 Å². The Morgan fingerprint density at radius 1 is 1.43 bits per heavy atom. The molecule has 0 spiro atoms. The van der Waals surface area contributed by atoms with E-state index in [4.69, 9.17) is 0 Å². The Labute approximate surface area is 81.6 Å². The molecule has 0 aliphatic heterocycles. The first-order valence-electron chi connectivity index (χ1n) is 4.66. The zero-order chi connectivity index (χ0) is 10.3. The molecule has 0 bridgehead atoms. The fraction of sp³-hybridized carbons (Fsp3) is 0.400. The van der Waals surface area contributed by atoms with Gasteiger partial charge in [-0.15, -0.1) is 0 Å². The van der Waals surface area contributed by atoms with E-state index >= 15 is 0 Å². The summed E-state index contributed by atoms with van der Waals surface area (Å²) in [6, 6.07) is 0. The SMILES string of the molecule is Cc1cn2cc(C(C)C)nc2[nH]c1=O. The Hall–Kier alpha value is -1.58. The van der Waals surface area contributed by atoms with Crippen LogP contribution in [0.25, 0.3) is 5.78 Å². The Balaban J connectivity index is 2.72. The van der Waals surface area contributed by atoms with E-state index < -0.39 is 0 Å². The van der Waals surface area contributed by atoms with Crippen molar-refractivity contribution >= 4 is 5.78 Å². The quantitative estimate of drug-likeness (QED) is 0.741. The number of H-pyrrole nitrogens is 1. The molecule has 2 aromatic rings. The molecule has 4 nitrogen and oxygen atoms in total. The first-order chi connectivity index (χ1) is 6.58. The predicted molar refractivity (Wildman–Crippen MR) is 54.6 cm³/mol. The van der Waals surface area contributed by atoms with Crippen LogP contribution in [0.15, 0.2) is 17.2 Å². The number of aromatic amines is 1. The summed E-state index contributed by atoms with van der Waals surface area (Å²) in [5.74, 6) is 0.989. The summed E-state index contributed by atoms with van der Waals surface area (Å²) in [7, 11) is 0. The van der Waals surface area contributed by atoms with Crippen molar-refractivity contribution in [1.82, 2.24) is 14.4 Å². The summed E-state index contributed by atoms with van der Waals surface area (Å²) in [6.45, 7) is 5.94. The number of hydrogen-bond acceptors (Lipinski definition) is 2. The third kappa shape index (κ3) is 1.32. The van der Waals surface area contributed by atoms with Crippen molar-refractivity contribution in [2.24, 2.45) is 0 Å². The van der Waals surface area contributed by atoms with Crippen molar-refractivity contribution in [1.29, 1.82) is 0 Å². The maximum atomic E-state index is 11.3. The molecule has 0 amide bonds. The van der Waals surface area contributed by atoms with Gasteiger partial charge in [0.05, 0.1) is 5.69 Å². The van der Waals surface area contributed by atoms with Gasteiger partial charge in [-0.1, -0.05) is 13.8 Å². The predicted octanol–water partition coefficient (Wildman–Crippen LogP) is 1.45. The normalized spacial score (nSPS) is 11.4. The molecule has 0 radical (unpaired) electrons. The van der Waals surface area contributed by atoms with Gasteiger partial charge >= 0.3 is 0 Å². The van der Waals surface area contributed by atoms with Crippen LogP contribution in [0.1, 0.15) is 31.0 Å². The monoisotopic (exact) mass is 191 g/mol. The molecule has 2 aromatic heterocycles. The highest BCUT2D eigenvalue weighted by molar-refractivity contribution is 5.32. The molecule has 0 fully saturated rings. The second kappa shape index (κ2) is 2.97. The first-order valence-corrected chi connectivity index (χ1v) is 4.66. The van der Waals surface area contributed by atoms with Crippen molar-refractivity contribution in [3.8, 4) is 0 Å². The molecule has 2 heterocycles. The summed E-state index contributed by atoms with van der Waals surface area (Å²) < 4.78 is 1.85. The van der Waals surface area contributed by atoms with Gasteiger partial charge in [0.2, 0.25) is 5.78 Å². The largest absolute Gasteiger partial charge is 0.292 e.